The van der Waals surface area contributed by atoms with Gasteiger partial charge in [-0.15, -0.1) is 0 Å². The second kappa shape index (κ2) is 23.3. The predicted molar refractivity (Wildman–Crippen MR) is 446 cm³/mol. The minimum Gasteiger partial charge on any atom is -0.354 e. The third-order valence-corrected chi connectivity index (χ3v) is 22.6. The van der Waals surface area contributed by atoms with Crippen LogP contribution in [0.3, 0.4) is 0 Å². The first-order valence-electron chi connectivity index (χ1n) is 36.1. The average molecular weight is 1350 g/mol. The summed E-state index contributed by atoms with van der Waals surface area (Å²) in [5.74, 6) is 0. The lowest BCUT2D eigenvalue weighted by molar-refractivity contribution is 1.18. The number of nitrogens with zero attached hydrogens (tertiary/aromatic N) is 3. The summed E-state index contributed by atoms with van der Waals surface area (Å²) >= 11 is 6.10. The summed E-state index contributed by atoms with van der Waals surface area (Å²) in [6, 6.07) is 132. The number of hydrogen-bond acceptors (Lipinski definition) is 0. The average Bonchev–Trinajstić information content (AvgIpc) is 1.61. The van der Waals surface area contributed by atoms with Gasteiger partial charge in [0.15, 0.2) is 0 Å². The third-order valence-electron chi connectivity index (χ3n) is 22.4. The van der Waals surface area contributed by atoms with Gasteiger partial charge >= 0.3 is 0 Å². The molecule has 0 saturated heterocycles. The number of halogens is 1. The van der Waals surface area contributed by atoms with Crippen LogP contribution in [-0.4, -0.2) is 18.7 Å². The van der Waals surface area contributed by atoms with Crippen LogP contribution in [-0.2, 0) is 0 Å². The highest BCUT2D eigenvalue weighted by Crippen LogP contribution is 2.51. The van der Waals surface area contributed by atoms with E-state index in [1.807, 2.05) is 6.07 Å². The Kier molecular flexibility index (Phi) is 13.1. The minimum absolute atomic E-state index is 0.800. The van der Waals surface area contributed by atoms with E-state index in [0.29, 0.717) is 0 Å². The Labute approximate surface area is 609 Å². The summed E-state index contributed by atoms with van der Waals surface area (Å²) in [5, 5.41) is 21.3. The SMILES string of the molecule is Clc1ccc2c(c1)-c1cccc3cccc-2c13.c1ccc(-n2c3ccc(-c4ccc5c(c4)[nH]c4ccccc45)cc3c3ccc4ccccc4c32)cc1.c1ccc(-n2c3ccc(-c4ccc5c6ccccc6n(-c6ccc7c(c6)-c6cccc8cccc-7c68)c5c4)cc3c3ccc4ccccc4c32)cc1. The van der Waals surface area contributed by atoms with Gasteiger partial charge < -0.3 is 18.7 Å². The van der Waals surface area contributed by atoms with Gasteiger partial charge in [-0.2, -0.15) is 0 Å². The Balaban J connectivity index is 0.000000112. The van der Waals surface area contributed by atoms with Crippen molar-refractivity contribution in [3.8, 4) is 83.8 Å². The number of para-hydroxylation sites is 4. The van der Waals surface area contributed by atoms with Crippen LogP contribution in [0.15, 0.2) is 364 Å². The maximum atomic E-state index is 6.10. The van der Waals surface area contributed by atoms with Crippen LogP contribution in [0.4, 0.5) is 0 Å². The molecule has 0 atom stereocenters. The van der Waals surface area contributed by atoms with Crippen molar-refractivity contribution in [1.29, 1.82) is 0 Å². The number of benzene rings is 18. The van der Waals surface area contributed by atoms with Crippen LogP contribution in [0.5, 0.6) is 0 Å². The molecule has 18 aromatic carbocycles. The van der Waals surface area contributed by atoms with Crippen molar-refractivity contribution in [2.24, 2.45) is 0 Å². The molecule has 4 aromatic heterocycles. The van der Waals surface area contributed by atoms with Crippen molar-refractivity contribution in [3.05, 3.63) is 369 Å². The first-order valence-corrected chi connectivity index (χ1v) is 36.4. The topological polar surface area (TPSA) is 30.6 Å². The lowest BCUT2D eigenvalue weighted by Gasteiger charge is -2.12. The van der Waals surface area contributed by atoms with Gasteiger partial charge in [-0.3, -0.25) is 0 Å². The molecule has 0 aliphatic heterocycles. The van der Waals surface area contributed by atoms with Crippen molar-refractivity contribution < 1.29 is 0 Å². The van der Waals surface area contributed by atoms with E-state index in [1.54, 1.807) is 0 Å². The summed E-state index contributed by atoms with van der Waals surface area (Å²) in [4.78, 5) is 3.60. The van der Waals surface area contributed by atoms with Gasteiger partial charge in [0.05, 0.1) is 33.1 Å². The molecule has 22 aromatic rings. The Morgan fingerprint density at radius 2 is 0.619 bits per heavy atom. The largest absolute Gasteiger partial charge is 0.354 e. The summed E-state index contributed by atoms with van der Waals surface area (Å²) in [7, 11) is 0. The quantitative estimate of drug-likeness (QED) is 0.178. The van der Waals surface area contributed by atoms with E-state index >= 15 is 0 Å². The monoisotopic (exact) mass is 1350 g/mol. The molecule has 0 amide bonds. The fourth-order valence-electron chi connectivity index (χ4n) is 17.8. The fraction of sp³-hybridized carbons (Fsp3) is 0. The molecule has 2 aliphatic carbocycles. The number of hydrogen-bond donors (Lipinski definition) is 1. The van der Waals surface area contributed by atoms with Crippen LogP contribution in [0.25, 0.3) is 214 Å². The molecule has 0 unspecified atom stereocenters. The summed E-state index contributed by atoms with van der Waals surface area (Å²) in [5.41, 5.74) is 28.6. The number of fused-ring (bicyclic) bond motifs is 22. The highest BCUT2D eigenvalue weighted by Gasteiger charge is 2.25. The number of rotatable bonds is 5. The molecular formula is C100H61ClN4. The van der Waals surface area contributed by atoms with E-state index < -0.39 is 0 Å². The first kappa shape index (κ1) is 59.2. The van der Waals surface area contributed by atoms with Crippen LogP contribution >= 0.6 is 11.6 Å². The zero-order chi connectivity index (χ0) is 69.0. The zero-order valence-electron chi connectivity index (χ0n) is 56.9. The van der Waals surface area contributed by atoms with Gasteiger partial charge in [0.2, 0.25) is 0 Å². The minimum atomic E-state index is 0.800. The molecule has 0 saturated carbocycles. The van der Waals surface area contributed by atoms with Crippen LogP contribution < -0.4 is 0 Å². The van der Waals surface area contributed by atoms with Crippen LogP contribution in [0, 0.1) is 0 Å². The molecule has 488 valence electrons. The maximum absolute atomic E-state index is 6.10. The molecule has 4 heterocycles. The number of H-pyrrole nitrogens is 1. The molecule has 0 radical (unpaired) electrons. The molecule has 24 rings (SSSR count). The fourth-order valence-corrected chi connectivity index (χ4v) is 17.9. The summed E-state index contributed by atoms with van der Waals surface area (Å²) in [6.07, 6.45) is 0. The van der Waals surface area contributed by atoms with Crippen molar-refractivity contribution in [2.45, 2.75) is 0 Å². The molecule has 4 nitrogen and oxygen atoms in total. The Bertz CT molecular complexity index is 7400. The molecule has 0 spiro atoms. The number of nitrogens with one attached hydrogen (secondary N) is 1. The molecule has 2 aliphatic rings. The second-order valence-electron chi connectivity index (χ2n) is 28.0. The molecule has 0 bridgehead atoms. The van der Waals surface area contributed by atoms with Gasteiger partial charge in [0.1, 0.15) is 0 Å². The van der Waals surface area contributed by atoms with Crippen molar-refractivity contribution in [3.63, 3.8) is 0 Å². The van der Waals surface area contributed by atoms with Gasteiger partial charge in [-0.05, 0) is 196 Å². The third kappa shape index (κ3) is 9.14. The van der Waals surface area contributed by atoms with E-state index in [1.165, 1.54) is 214 Å². The highest BCUT2D eigenvalue weighted by atomic mass is 35.5. The molecule has 1 N–H and O–H groups in total. The maximum Gasteiger partial charge on any atom is 0.0619 e. The normalized spacial score (nSPS) is 12.0. The molecular weight excluding hydrogens is 1290 g/mol. The lowest BCUT2D eigenvalue weighted by atomic mass is 10.00. The van der Waals surface area contributed by atoms with Crippen LogP contribution in [0.2, 0.25) is 5.02 Å². The van der Waals surface area contributed by atoms with E-state index in [-0.39, 0.29) is 0 Å². The Hall–Kier alpha value is -13.5. The zero-order valence-corrected chi connectivity index (χ0v) is 57.6. The Morgan fingerprint density at radius 3 is 1.21 bits per heavy atom. The van der Waals surface area contributed by atoms with E-state index in [2.05, 4.69) is 377 Å². The summed E-state index contributed by atoms with van der Waals surface area (Å²) in [6.45, 7) is 0. The van der Waals surface area contributed by atoms with Crippen molar-refractivity contribution in [1.82, 2.24) is 18.7 Å². The van der Waals surface area contributed by atoms with E-state index in [0.717, 1.165) is 5.02 Å². The standard InChI is InChI=1S/C50H30N2.C34H22N2.C16H9Cl/c1-2-13-35(14-3-1)52-47-27-22-33(28-45(47)43-25-20-31-10-4-5-15-37(31)50(43)52)34-21-24-40-39-16-6-7-19-46(39)51(48(40)29-34)36-23-26-38-41-17-8-11-32-12-9-18-42(49(32)41)44(38)30-36;1-2-9-25(10-3-1)36-33-19-16-23(20-30(33)29-18-14-22-8-4-5-11-26(22)34(29)36)24-15-17-28-27-12-6-7-13-31(27)35-32(28)21-24;17-11-7-8-12-13-5-1-3-10-4-2-6-14(16(10)13)15(12)9-11/h1-30H;1-21,35H;1-9H. The summed E-state index contributed by atoms with van der Waals surface area (Å²) < 4.78 is 7.31. The smallest absolute Gasteiger partial charge is 0.0619 e. The number of aromatic nitrogens is 4. The molecule has 0 fully saturated rings. The second-order valence-corrected chi connectivity index (χ2v) is 28.5. The van der Waals surface area contributed by atoms with Crippen molar-refractivity contribution in [2.75, 3.05) is 0 Å². The van der Waals surface area contributed by atoms with Crippen molar-refractivity contribution >= 4 is 142 Å². The molecule has 105 heavy (non-hydrogen) atoms. The van der Waals surface area contributed by atoms with E-state index in [4.69, 9.17) is 11.6 Å². The highest BCUT2D eigenvalue weighted by molar-refractivity contribution is 6.32. The Morgan fingerprint density at radius 1 is 0.200 bits per heavy atom. The van der Waals surface area contributed by atoms with E-state index in [9.17, 15) is 0 Å². The predicted octanol–water partition coefficient (Wildman–Crippen LogP) is 27.9. The first-order chi connectivity index (χ1) is 52.0. The van der Waals surface area contributed by atoms with Gasteiger partial charge in [0.25, 0.3) is 0 Å². The lowest BCUT2D eigenvalue weighted by Crippen LogP contribution is -1.95. The molecule has 5 heteroatoms. The van der Waals surface area contributed by atoms with Crippen LogP contribution in [0.1, 0.15) is 0 Å². The van der Waals surface area contributed by atoms with Gasteiger partial charge in [-0.25, -0.2) is 0 Å². The number of aromatic amines is 1. The van der Waals surface area contributed by atoms with Gasteiger partial charge in [-0.1, -0.05) is 279 Å². The van der Waals surface area contributed by atoms with Gasteiger partial charge in [0, 0.05) is 87.0 Å².